The van der Waals surface area contributed by atoms with Gasteiger partial charge in [-0.1, -0.05) is 62.4 Å². The van der Waals surface area contributed by atoms with Crippen LogP contribution in [-0.4, -0.2) is 35.4 Å². The Labute approximate surface area is 181 Å². The molecule has 0 aliphatic carbocycles. The molecule has 0 aliphatic rings. The number of hydrogen-bond acceptors (Lipinski definition) is 5. The third-order valence-corrected chi connectivity index (χ3v) is 5.44. The lowest BCUT2D eigenvalue weighted by molar-refractivity contribution is 0.612. The van der Waals surface area contributed by atoms with E-state index in [1.165, 1.54) is 0 Å². The molecular formula is C24H25N7. The lowest BCUT2D eigenvalue weighted by Crippen LogP contribution is -2.07. The van der Waals surface area contributed by atoms with Crippen LogP contribution in [0, 0.1) is 12.3 Å². The Hall–Kier alpha value is -3.79. The number of nitrogens with one attached hydrogen (secondary N) is 1. The van der Waals surface area contributed by atoms with Gasteiger partial charge in [-0.15, -0.1) is 17.4 Å². The number of hydrogen-bond donors (Lipinski definition) is 1. The molecular weight excluding hydrogens is 386 g/mol. The van der Waals surface area contributed by atoms with Crippen LogP contribution < -0.4 is 0 Å². The van der Waals surface area contributed by atoms with E-state index in [1.807, 2.05) is 22.9 Å². The topological polar surface area (TPSA) is 85.2 Å². The van der Waals surface area contributed by atoms with Crippen LogP contribution in [0.3, 0.4) is 0 Å². The second-order valence-corrected chi connectivity index (χ2v) is 7.55. The summed E-state index contributed by atoms with van der Waals surface area (Å²) in [7, 11) is 0. The van der Waals surface area contributed by atoms with Crippen molar-refractivity contribution in [3.8, 4) is 34.9 Å². The van der Waals surface area contributed by atoms with Crippen molar-refractivity contribution in [2.75, 3.05) is 0 Å². The van der Waals surface area contributed by atoms with Crippen LogP contribution in [0.1, 0.15) is 49.8 Å². The van der Waals surface area contributed by atoms with E-state index >= 15 is 0 Å². The summed E-state index contributed by atoms with van der Waals surface area (Å²) in [6, 6.07) is 16.6. The summed E-state index contributed by atoms with van der Waals surface area (Å²) in [5.74, 6) is 5.52. The van der Waals surface area contributed by atoms with Crippen molar-refractivity contribution in [3.63, 3.8) is 0 Å². The minimum Gasteiger partial charge on any atom is -0.245 e. The summed E-state index contributed by atoms with van der Waals surface area (Å²) in [4.78, 5) is 4.75. The summed E-state index contributed by atoms with van der Waals surface area (Å²) in [6.07, 6.45) is 7.87. The van der Waals surface area contributed by atoms with E-state index in [4.69, 9.17) is 16.5 Å². The van der Waals surface area contributed by atoms with E-state index in [-0.39, 0.29) is 0 Å². The molecule has 7 nitrogen and oxygen atoms in total. The smallest absolute Gasteiger partial charge is 0.180 e. The summed E-state index contributed by atoms with van der Waals surface area (Å²) in [6.45, 7) is 4.97. The van der Waals surface area contributed by atoms with Crippen molar-refractivity contribution >= 4 is 0 Å². The van der Waals surface area contributed by atoms with Gasteiger partial charge in [0.25, 0.3) is 0 Å². The molecule has 0 bridgehead atoms. The van der Waals surface area contributed by atoms with E-state index in [0.717, 1.165) is 46.7 Å². The number of aryl methyl sites for hydroxylation is 1. The van der Waals surface area contributed by atoms with E-state index in [1.54, 1.807) is 0 Å². The molecule has 0 saturated heterocycles. The monoisotopic (exact) mass is 411 g/mol. The van der Waals surface area contributed by atoms with Crippen LogP contribution >= 0.6 is 0 Å². The van der Waals surface area contributed by atoms with E-state index < -0.39 is 0 Å². The highest BCUT2D eigenvalue weighted by molar-refractivity contribution is 5.80. The molecule has 0 spiro atoms. The molecule has 0 radical (unpaired) electrons. The second kappa shape index (κ2) is 9.35. The molecule has 31 heavy (non-hydrogen) atoms. The molecule has 2 aromatic heterocycles. The average molecular weight is 412 g/mol. The third kappa shape index (κ3) is 4.53. The molecule has 4 rings (SSSR count). The molecule has 1 atom stereocenters. The van der Waals surface area contributed by atoms with Crippen molar-refractivity contribution in [2.24, 2.45) is 0 Å². The van der Waals surface area contributed by atoms with Gasteiger partial charge in [-0.2, -0.15) is 5.10 Å². The van der Waals surface area contributed by atoms with Gasteiger partial charge in [-0.3, -0.25) is 0 Å². The summed E-state index contributed by atoms with van der Waals surface area (Å²) >= 11 is 0. The quantitative estimate of drug-likeness (QED) is 0.438. The second-order valence-electron chi connectivity index (χ2n) is 7.55. The standard InChI is InChI=1S/C24H25N7/c1-4-6-11-22-25-23(17(3)5-2)28-31(22)16-18-12-14-19(15-13-18)20-9-7-8-10-21(20)24-26-29-30-27-24/h1,7-10,12-15,17H,5-6,11,16H2,2-3H3,(H,26,27,29,30). The lowest BCUT2D eigenvalue weighted by Gasteiger charge is -2.09. The molecule has 2 heterocycles. The Morgan fingerprint density at radius 1 is 1.10 bits per heavy atom. The number of aromatic nitrogens is 7. The molecule has 0 saturated carbocycles. The Balaban J connectivity index is 1.59. The first kappa shape index (κ1) is 20.5. The first-order valence-corrected chi connectivity index (χ1v) is 10.5. The molecule has 0 aliphatic heterocycles. The van der Waals surface area contributed by atoms with Crippen molar-refractivity contribution < 1.29 is 0 Å². The number of H-pyrrole nitrogens is 1. The van der Waals surface area contributed by atoms with Gasteiger partial charge in [0.15, 0.2) is 11.6 Å². The van der Waals surface area contributed by atoms with E-state index in [2.05, 4.69) is 70.7 Å². The van der Waals surface area contributed by atoms with Gasteiger partial charge in [-0.25, -0.2) is 14.8 Å². The minimum absolute atomic E-state index is 0.329. The van der Waals surface area contributed by atoms with Gasteiger partial charge in [-0.05, 0) is 33.5 Å². The first-order valence-electron chi connectivity index (χ1n) is 10.5. The number of terminal acetylenes is 1. The Morgan fingerprint density at radius 3 is 2.55 bits per heavy atom. The molecule has 0 amide bonds. The molecule has 2 aromatic carbocycles. The summed E-state index contributed by atoms with van der Waals surface area (Å²) in [5.41, 5.74) is 4.29. The van der Waals surface area contributed by atoms with Crippen LogP contribution in [0.15, 0.2) is 48.5 Å². The lowest BCUT2D eigenvalue weighted by atomic mass is 9.98. The number of rotatable bonds is 8. The maximum atomic E-state index is 5.47. The number of nitrogens with zero attached hydrogens (tertiary/aromatic N) is 6. The predicted molar refractivity (Wildman–Crippen MR) is 120 cm³/mol. The van der Waals surface area contributed by atoms with Crippen molar-refractivity contribution in [2.45, 2.75) is 45.6 Å². The first-order chi connectivity index (χ1) is 15.2. The molecule has 156 valence electrons. The Kier molecular flexibility index (Phi) is 6.18. The van der Waals surface area contributed by atoms with Crippen molar-refractivity contribution in [3.05, 3.63) is 65.7 Å². The highest BCUT2D eigenvalue weighted by Crippen LogP contribution is 2.29. The zero-order chi connectivity index (χ0) is 21.6. The largest absolute Gasteiger partial charge is 0.245 e. The van der Waals surface area contributed by atoms with Gasteiger partial charge < -0.3 is 0 Å². The maximum absolute atomic E-state index is 5.47. The van der Waals surface area contributed by atoms with Gasteiger partial charge in [0.2, 0.25) is 0 Å². The van der Waals surface area contributed by atoms with E-state index in [0.29, 0.717) is 24.7 Å². The van der Waals surface area contributed by atoms with Crippen molar-refractivity contribution in [1.29, 1.82) is 0 Å². The zero-order valence-corrected chi connectivity index (χ0v) is 17.8. The number of tetrazole rings is 1. The molecule has 4 aromatic rings. The fourth-order valence-electron chi connectivity index (χ4n) is 3.46. The highest BCUT2D eigenvalue weighted by atomic mass is 15.5. The minimum atomic E-state index is 0.329. The Bertz CT molecular complexity index is 1170. The summed E-state index contributed by atoms with van der Waals surface area (Å²) < 4.78 is 1.99. The van der Waals surface area contributed by atoms with Crippen LogP contribution in [-0.2, 0) is 13.0 Å². The van der Waals surface area contributed by atoms with Crippen LogP contribution in [0.4, 0.5) is 0 Å². The SMILES string of the molecule is C#CCCc1nc(C(C)CC)nn1Cc1ccc(-c2ccccc2-c2nnn[nH]2)cc1. The van der Waals surface area contributed by atoms with Gasteiger partial charge in [0.1, 0.15) is 5.82 Å². The van der Waals surface area contributed by atoms with Gasteiger partial charge >= 0.3 is 0 Å². The fourth-order valence-corrected chi connectivity index (χ4v) is 3.46. The molecule has 1 N–H and O–H groups in total. The zero-order valence-electron chi connectivity index (χ0n) is 17.8. The Morgan fingerprint density at radius 2 is 1.87 bits per heavy atom. The number of aromatic amines is 1. The van der Waals surface area contributed by atoms with Crippen LogP contribution in [0.25, 0.3) is 22.5 Å². The van der Waals surface area contributed by atoms with Gasteiger partial charge in [0, 0.05) is 24.3 Å². The van der Waals surface area contributed by atoms with Crippen LogP contribution in [0.5, 0.6) is 0 Å². The van der Waals surface area contributed by atoms with Crippen LogP contribution in [0.2, 0.25) is 0 Å². The summed E-state index contributed by atoms with van der Waals surface area (Å²) in [5, 5.41) is 19.1. The van der Waals surface area contributed by atoms with Crippen molar-refractivity contribution in [1.82, 2.24) is 35.4 Å². The molecule has 7 heteroatoms. The third-order valence-electron chi connectivity index (χ3n) is 5.44. The molecule has 0 fully saturated rings. The average Bonchev–Trinajstić information content (AvgIpc) is 3.48. The van der Waals surface area contributed by atoms with E-state index in [9.17, 15) is 0 Å². The normalized spacial score (nSPS) is 11.9. The predicted octanol–water partition coefficient (Wildman–Crippen LogP) is 4.25. The number of benzene rings is 2. The maximum Gasteiger partial charge on any atom is 0.180 e. The highest BCUT2D eigenvalue weighted by Gasteiger charge is 2.15. The fraction of sp³-hybridized carbons (Fsp3) is 0.292. The van der Waals surface area contributed by atoms with Gasteiger partial charge in [0.05, 0.1) is 6.54 Å². The molecule has 1 unspecified atom stereocenters.